The van der Waals surface area contributed by atoms with Gasteiger partial charge in [-0.3, -0.25) is 0 Å². The second-order valence-electron chi connectivity index (χ2n) is 9.53. The van der Waals surface area contributed by atoms with Gasteiger partial charge in [-0.1, -0.05) is 13.5 Å². The largest absolute Gasteiger partial charge is 0.382 e. The molecule has 6 rings (SSSR count). The van der Waals surface area contributed by atoms with Gasteiger partial charge in [0, 0.05) is 71.2 Å². The van der Waals surface area contributed by atoms with E-state index >= 15 is 0 Å². The minimum atomic E-state index is 0.453. The molecule has 1 saturated heterocycles. The second kappa shape index (κ2) is 9.22. The molecule has 0 unspecified atom stereocenters. The SMILES string of the molecule is C=Cc1cc(-c2ccc3c(ccc4sc5c(c43)NC[C@@H](C)NC5)n2)cc(N2CCN(CC)CC2)n1. The molecule has 0 aliphatic carbocycles. The van der Waals surface area contributed by atoms with Crippen molar-refractivity contribution in [2.75, 3.05) is 49.5 Å². The summed E-state index contributed by atoms with van der Waals surface area (Å²) in [4.78, 5) is 16.2. The summed E-state index contributed by atoms with van der Waals surface area (Å²) in [6.45, 7) is 15.5. The van der Waals surface area contributed by atoms with E-state index in [-0.39, 0.29) is 0 Å². The highest BCUT2D eigenvalue weighted by Gasteiger charge is 2.20. The third-order valence-corrected chi connectivity index (χ3v) is 8.43. The molecule has 0 saturated carbocycles. The normalized spacial score (nSPS) is 18.9. The number of piperazine rings is 1. The molecule has 0 radical (unpaired) electrons. The molecule has 0 amide bonds. The third-order valence-electron chi connectivity index (χ3n) is 7.27. The maximum atomic E-state index is 5.12. The summed E-state index contributed by atoms with van der Waals surface area (Å²) in [6.07, 6.45) is 1.83. The molecule has 180 valence electrons. The number of rotatable bonds is 4. The fourth-order valence-electron chi connectivity index (χ4n) is 5.16. The first-order valence-corrected chi connectivity index (χ1v) is 13.4. The number of pyridine rings is 2. The lowest BCUT2D eigenvalue weighted by Crippen LogP contribution is -2.46. The molecule has 4 aromatic rings. The number of benzene rings is 1. The molecular weight excluding hydrogens is 452 g/mol. The van der Waals surface area contributed by atoms with Gasteiger partial charge in [0.05, 0.1) is 22.6 Å². The molecule has 0 bridgehead atoms. The van der Waals surface area contributed by atoms with E-state index in [0.29, 0.717) is 6.04 Å². The number of hydrogen-bond donors (Lipinski definition) is 2. The highest BCUT2D eigenvalue weighted by Crippen LogP contribution is 2.41. The lowest BCUT2D eigenvalue weighted by atomic mass is 10.1. The van der Waals surface area contributed by atoms with Gasteiger partial charge in [0.25, 0.3) is 0 Å². The molecule has 6 nitrogen and oxygen atoms in total. The predicted molar refractivity (Wildman–Crippen MR) is 150 cm³/mol. The Morgan fingerprint density at radius 2 is 1.97 bits per heavy atom. The average Bonchev–Trinajstić information content (AvgIpc) is 3.17. The Bertz CT molecular complexity index is 1400. The van der Waals surface area contributed by atoms with Crippen LogP contribution in [0.1, 0.15) is 24.4 Å². The van der Waals surface area contributed by atoms with Crippen LogP contribution in [0.15, 0.2) is 43.0 Å². The Kier molecular flexibility index (Phi) is 5.92. The Morgan fingerprint density at radius 1 is 1.11 bits per heavy atom. The van der Waals surface area contributed by atoms with Crippen LogP contribution >= 0.6 is 11.3 Å². The Hall–Kier alpha value is -3.00. The van der Waals surface area contributed by atoms with Crippen LogP contribution in [-0.4, -0.2) is 60.2 Å². The zero-order valence-electron chi connectivity index (χ0n) is 20.5. The fraction of sp³-hybridized carbons (Fsp3) is 0.357. The number of anilines is 2. The fourth-order valence-corrected chi connectivity index (χ4v) is 6.31. The Labute approximate surface area is 210 Å². The number of fused-ring (bicyclic) bond motifs is 5. The van der Waals surface area contributed by atoms with Gasteiger partial charge in [-0.2, -0.15) is 0 Å². The van der Waals surface area contributed by atoms with E-state index in [0.717, 1.165) is 74.1 Å². The van der Waals surface area contributed by atoms with Crippen LogP contribution in [-0.2, 0) is 6.54 Å². The van der Waals surface area contributed by atoms with Gasteiger partial charge in [0.1, 0.15) is 5.82 Å². The van der Waals surface area contributed by atoms with E-state index in [1.165, 1.54) is 26.0 Å². The van der Waals surface area contributed by atoms with Crippen molar-refractivity contribution in [2.24, 2.45) is 0 Å². The van der Waals surface area contributed by atoms with Gasteiger partial charge in [-0.25, -0.2) is 9.97 Å². The first-order chi connectivity index (χ1) is 17.1. The summed E-state index contributed by atoms with van der Waals surface area (Å²) < 4.78 is 1.31. The number of thiophene rings is 1. The van der Waals surface area contributed by atoms with Crippen LogP contribution in [0.4, 0.5) is 11.5 Å². The quantitative estimate of drug-likeness (QED) is 0.415. The number of nitrogens with zero attached hydrogens (tertiary/aromatic N) is 4. The van der Waals surface area contributed by atoms with Gasteiger partial charge in [0.15, 0.2) is 0 Å². The van der Waals surface area contributed by atoms with Crippen LogP contribution in [0.25, 0.3) is 38.3 Å². The van der Waals surface area contributed by atoms with Crippen molar-refractivity contribution in [2.45, 2.75) is 26.4 Å². The average molecular weight is 485 g/mol. The summed E-state index contributed by atoms with van der Waals surface area (Å²) in [5.41, 5.74) is 5.25. The molecule has 3 aromatic heterocycles. The van der Waals surface area contributed by atoms with Crippen molar-refractivity contribution < 1.29 is 0 Å². The second-order valence-corrected chi connectivity index (χ2v) is 10.7. The first kappa shape index (κ1) is 22.5. The summed E-state index contributed by atoms with van der Waals surface area (Å²) in [6, 6.07) is 13.5. The Balaban J connectivity index is 1.40. The van der Waals surface area contributed by atoms with Crippen molar-refractivity contribution in [1.82, 2.24) is 20.2 Å². The van der Waals surface area contributed by atoms with Gasteiger partial charge in [-0.15, -0.1) is 11.3 Å². The topological polar surface area (TPSA) is 56.3 Å². The number of likely N-dealkylation sites (N-methyl/N-ethyl adjacent to an activating group) is 1. The molecule has 2 aliphatic heterocycles. The highest BCUT2D eigenvalue weighted by molar-refractivity contribution is 7.20. The molecule has 35 heavy (non-hydrogen) atoms. The molecule has 2 aliphatic rings. The van der Waals surface area contributed by atoms with Gasteiger partial charge < -0.3 is 20.4 Å². The van der Waals surface area contributed by atoms with Crippen LogP contribution in [0, 0.1) is 0 Å². The lowest BCUT2D eigenvalue weighted by Gasteiger charge is -2.35. The van der Waals surface area contributed by atoms with E-state index in [9.17, 15) is 0 Å². The van der Waals surface area contributed by atoms with Crippen LogP contribution in [0.2, 0.25) is 0 Å². The standard InChI is InChI=1S/C28H32N6S/c1-4-20-14-19(15-26(31-20)34-12-10-33(5-2)11-13-34)22-7-6-21-23(32-22)8-9-24-27(21)28-25(35-24)17-29-18(3)16-30-28/h4,6-9,14-15,18,29-30H,1,5,10-13,16-17H2,2-3H3/t18-/m1/s1. The minimum absolute atomic E-state index is 0.453. The zero-order valence-corrected chi connectivity index (χ0v) is 21.3. The highest BCUT2D eigenvalue weighted by atomic mass is 32.1. The number of aromatic nitrogens is 2. The number of nitrogens with one attached hydrogen (secondary N) is 2. The van der Waals surface area contributed by atoms with Crippen molar-refractivity contribution in [1.29, 1.82) is 0 Å². The maximum Gasteiger partial charge on any atom is 0.129 e. The van der Waals surface area contributed by atoms with Crippen molar-refractivity contribution in [3.8, 4) is 11.3 Å². The van der Waals surface area contributed by atoms with E-state index in [1.807, 2.05) is 17.4 Å². The van der Waals surface area contributed by atoms with Crippen molar-refractivity contribution >= 4 is 49.9 Å². The summed E-state index contributed by atoms with van der Waals surface area (Å²) in [5, 5.41) is 9.80. The van der Waals surface area contributed by atoms with E-state index in [4.69, 9.17) is 9.97 Å². The monoisotopic (exact) mass is 484 g/mol. The number of hydrogen-bond acceptors (Lipinski definition) is 7. The summed E-state index contributed by atoms with van der Waals surface area (Å²) in [7, 11) is 0. The molecule has 7 heteroatoms. The molecule has 0 spiro atoms. The van der Waals surface area contributed by atoms with Crippen LogP contribution in [0.5, 0.6) is 0 Å². The van der Waals surface area contributed by atoms with E-state index in [1.54, 1.807) is 0 Å². The molecule has 5 heterocycles. The smallest absolute Gasteiger partial charge is 0.129 e. The minimum Gasteiger partial charge on any atom is -0.382 e. The predicted octanol–water partition coefficient (Wildman–Crippen LogP) is 5.20. The van der Waals surface area contributed by atoms with E-state index in [2.05, 4.69) is 77.3 Å². The maximum absolute atomic E-state index is 5.12. The first-order valence-electron chi connectivity index (χ1n) is 12.6. The third kappa shape index (κ3) is 4.18. The van der Waals surface area contributed by atoms with E-state index < -0.39 is 0 Å². The van der Waals surface area contributed by atoms with Gasteiger partial charge >= 0.3 is 0 Å². The summed E-state index contributed by atoms with van der Waals surface area (Å²) in [5.74, 6) is 1.01. The molecule has 1 fully saturated rings. The van der Waals surface area contributed by atoms with Crippen molar-refractivity contribution in [3.05, 3.63) is 53.5 Å². The molecule has 2 N–H and O–H groups in total. The van der Waals surface area contributed by atoms with Gasteiger partial charge in [0.2, 0.25) is 0 Å². The van der Waals surface area contributed by atoms with Crippen LogP contribution in [0.3, 0.4) is 0 Å². The zero-order chi connectivity index (χ0) is 23.9. The molecular formula is C28H32N6S. The van der Waals surface area contributed by atoms with Crippen LogP contribution < -0.4 is 15.5 Å². The molecule has 1 atom stereocenters. The Morgan fingerprint density at radius 3 is 2.77 bits per heavy atom. The summed E-state index contributed by atoms with van der Waals surface area (Å²) >= 11 is 1.87. The lowest BCUT2D eigenvalue weighted by molar-refractivity contribution is 0.270. The van der Waals surface area contributed by atoms with Crippen molar-refractivity contribution in [3.63, 3.8) is 0 Å². The molecule has 1 aromatic carbocycles. The van der Waals surface area contributed by atoms with Gasteiger partial charge in [-0.05, 0) is 55.9 Å².